The summed E-state index contributed by atoms with van der Waals surface area (Å²) >= 11 is 0. The zero-order valence-corrected chi connectivity index (χ0v) is 16.5. The van der Waals surface area contributed by atoms with Gasteiger partial charge in [0.25, 0.3) is 0 Å². The normalized spacial score (nSPS) is 23.7. The van der Waals surface area contributed by atoms with Gasteiger partial charge < -0.3 is 9.47 Å². The Labute approximate surface area is 169 Å². The average molecular weight is 393 g/mol. The van der Waals surface area contributed by atoms with E-state index in [1.807, 2.05) is 0 Å². The molecule has 2 fully saturated rings. The molecule has 6 heteroatoms. The lowest BCUT2D eigenvalue weighted by Crippen LogP contribution is -2.30. The lowest BCUT2D eigenvalue weighted by atomic mass is 9.76. The van der Waals surface area contributed by atoms with E-state index in [9.17, 15) is 14.4 Å². The Morgan fingerprint density at radius 1 is 0.966 bits per heavy atom. The number of para-hydroxylation sites is 1. The quantitative estimate of drug-likeness (QED) is 0.448. The molecule has 29 heavy (non-hydrogen) atoms. The molecule has 1 heterocycles. The van der Waals surface area contributed by atoms with Gasteiger partial charge in [0, 0.05) is 0 Å². The van der Waals surface area contributed by atoms with Crippen molar-refractivity contribution in [2.24, 2.45) is 17.8 Å². The van der Waals surface area contributed by atoms with E-state index in [1.165, 1.54) is 12.0 Å². The molecular weight excluding hydrogens is 370 g/mol. The van der Waals surface area contributed by atoms with Gasteiger partial charge in [-0.1, -0.05) is 19.1 Å². The van der Waals surface area contributed by atoms with Crippen molar-refractivity contribution >= 4 is 23.5 Å². The molecule has 0 aromatic heterocycles. The molecule has 0 spiro atoms. The van der Waals surface area contributed by atoms with Crippen molar-refractivity contribution in [3.05, 3.63) is 54.1 Å². The molecule has 0 N–H and O–H groups in total. The number of methoxy groups -OCH3 is 1. The monoisotopic (exact) mass is 393 g/mol. The van der Waals surface area contributed by atoms with Crippen molar-refractivity contribution in [3.63, 3.8) is 0 Å². The Bertz CT molecular complexity index is 952. The molecule has 1 aliphatic heterocycles. The third-order valence-corrected chi connectivity index (χ3v) is 5.82. The maximum atomic E-state index is 12.8. The minimum Gasteiger partial charge on any atom is -0.496 e. The van der Waals surface area contributed by atoms with E-state index >= 15 is 0 Å². The van der Waals surface area contributed by atoms with Gasteiger partial charge in [-0.05, 0) is 61.6 Å². The van der Waals surface area contributed by atoms with Crippen LogP contribution in [0.4, 0.5) is 5.69 Å². The third kappa shape index (κ3) is 3.50. The fourth-order valence-electron chi connectivity index (χ4n) is 4.28. The molecule has 4 rings (SSSR count). The molecule has 2 amide bonds. The summed E-state index contributed by atoms with van der Waals surface area (Å²) in [5, 5.41) is 0. The number of ether oxygens (including phenoxy) is 2. The number of carbonyl (C=O) groups is 3. The molecule has 2 aliphatic rings. The highest BCUT2D eigenvalue weighted by atomic mass is 16.5. The van der Waals surface area contributed by atoms with E-state index in [2.05, 4.69) is 6.92 Å². The van der Waals surface area contributed by atoms with Crippen LogP contribution in [0.2, 0.25) is 0 Å². The summed E-state index contributed by atoms with van der Waals surface area (Å²) < 4.78 is 10.6. The predicted octanol–water partition coefficient (Wildman–Crippen LogP) is 3.84. The standard InChI is InChI=1S/C23H23NO5/c1-14-7-12-17-19(13-14)22(26)24(21(17)25)15-8-10-16(11-9-15)29-23(27)18-5-3-4-6-20(18)28-2/h3-6,8-11,14,17,19H,7,12-13H2,1-2H3/t14-,17-,19+/m1/s1. The van der Waals surface area contributed by atoms with E-state index in [1.54, 1.807) is 48.5 Å². The number of anilines is 1. The number of nitrogens with zero attached hydrogens (tertiary/aromatic N) is 1. The molecule has 6 nitrogen and oxygen atoms in total. The van der Waals surface area contributed by atoms with Crippen molar-refractivity contribution in [1.82, 2.24) is 0 Å². The number of hydrogen-bond donors (Lipinski definition) is 0. The predicted molar refractivity (Wildman–Crippen MR) is 107 cm³/mol. The first-order valence-corrected chi connectivity index (χ1v) is 9.82. The van der Waals surface area contributed by atoms with Crippen molar-refractivity contribution in [3.8, 4) is 11.5 Å². The van der Waals surface area contributed by atoms with Crippen molar-refractivity contribution < 1.29 is 23.9 Å². The van der Waals surface area contributed by atoms with Gasteiger partial charge in [0.15, 0.2) is 0 Å². The first kappa shape index (κ1) is 19.2. The van der Waals surface area contributed by atoms with Gasteiger partial charge in [0.1, 0.15) is 17.1 Å². The highest BCUT2D eigenvalue weighted by Gasteiger charge is 2.49. The topological polar surface area (TPSA) is 72.9 Å². The highest BCUT2D eigenvalue weighted by Crippen LogP contribution is 2.42. The summed E-state index contributed by atoms with van der Waals surface area (Å²) in [7, 11) is 1.49. The van der Waals surface area contributed by atoms with Gasteiger partial charge >= 0.3 is 5.97 Å². The third-order valence-electron chi connectivity index (χ3n) is 5.82. The second-order valence-electron chi connectivity index (χ2n) is 7.73. The van der Waals surface area contributed by atoms with E-state index < -0.39 is 5.97 Å². The fraction of sp³-hybridized carbons (Fsp3) is 0.348. The molecule has 2 aromatic carbocycles. The number of benzene rings is 2. The summed E-state index contributed by atoms with van der Waals surface area (Å²) in [5.74, 6) is 0.0225. The van der Waals surface area contributed by atoms with Gasteiger partial charge in [0.05, 0.1) is 24.6 Å². The number of fused-ring (bicyclic) bond motifs is 1. The van der Waals surface area contributed by atoms with Crippen LogP contribution in [0.15, 0.2) is 48.5 Å². The van der Waals surface area contributed by atoms with E-state index in [0.29, 0.717) is 28.7 Å². The summed E-state index contributed by atoms with van der Waals surface area (Å²) in [4.78, 5) is 39.3. The lowest BCUT2D eigenvalue weighted by molar-refractivity contribution is -0.122. The SMILES string of the molecule is COc1ccccc1C(=O)Oc1ccc(N2C(=O)[C@H]3C[C@H](C)CC[C@H]3C2=O)cc1. The van der Waals surface area contributed by atoms with Crippen LogP contribution in [0.1, 0.15) is 36.5 Å². The summed E-state index contributed by atoms with van der Waals surface area (Å²) in [6.45, 7) is 2.13. The number of hydrogen-bond acceptors (Lipinski definition) is 5. The minimum absolute atomic E-state index is 0.120. The van der Waals surface area contributed by atoms with E-state index in [0.717, 1.165) is 19.3 Å². The number of carbonyl (C=O) groups excluding carboxylic acids is 3. The number of imide groups is 1. The summed E-state index contributed by atoms with van der Waals surface area (Å²) in [6, 6.07) is 13.3. The second-order valence-corrected chi connectivity index (χ2v) is 7.73. The summed E-state index contributed by atoms with van der Waals surface area (Å²) in [5.41, 5.74) is 0.835. The van der Waals surface area contributed by atoms with E-state index in [4.69, 9.17) is 9.47 Å². The molecule has 1 saturated carbocycles. The summed E-state index contributed by atoms with van der Waals surface area (Å²) in [6.07, 6.45) is 2.51. The van der Waals surface area contributed by atoms with Gasteiger partial charge in [-0.15, -0.1) is 0 Å². The molecule has 1 saturated heterocycles. The van der Waals surface area contributed by atoms with Crippen LogP contribution in [-0.2, 0) is 9.59 Å². The van der Waals surface area contributed by atoms with Crippen LogP contribution in [0.3, 0.4) is 0 Å². The average Bonchev–Trinajstić information content (AvgIpc) is 2.98. The minimum atomic E-state index is -0.538. The van der Waals surface area contributed by atoms with Gasteiger partial charge in [-0.25, -0.2) is 4.79 Å². The molecule has 0 bridgehead atoms. The largest absolute Gasteiger partial charge is 0.496 e. The molecular formula is C23H23NO5. The van der Waals surface area contributed by atoms with Crippen molar-refractivity contribution in [1.29, 1.82) is 0 Å². The van der Waals surface area contributed by atoms with Crippen LogP contribution in [0.5, 0.6) is 11.5 Å². The van der Waals surface area contributed by atoms with Crippen LogP contribution in [0.25, 0.3) is 0 Å². The molecule has 2 aromatic rings. The molecule has 0 unspecified atom stereocenters. The highest BCUT2D eigenvalue weighted by molar-refractivity contribution is 6.22. The lowest BCUT2D eigenvalue weighted by Gasteiger charge is -2.25. The number of amides is 2. The Morgan fingerprint density at radius 2 is 1.66 bits per heavy atom. The van der Waals surface area contributed by atoms with Gasteiger partial charge in [-0.2, -0.15) is 0 Å². The maximum Gasteiger partial charge on any atom is 0.347 e. The smallest absolute Gasteiger partial charge is 0.347 e. The Morgan fingerprint density at radius 3 is 2.38 bits per heavy atom. The zero-order valence-electron chi connectivity index (χ0n) is 16.5. The molecule has 3 atom stereocenters. The van der Waals surface area contributed by atoms with Crippen molar-refractivity contribution in [2.75, 3.05) is 12.0 Å². The zero-order chi connectivity index (χ0) is 20.5. The number of esters is 1. The first-order valence-electron chi connectivity index (χ1n) is 9.82. The van der Waals surface area contributed by atoms with Crippen LogP contribution >= 0.6 is 0 Å². The molecule has 1 aliphatic carbocycles. The van der Waals surface area contributed by atoms with Gasteiger partial charge in [-0.3, -0.25) is 14.5 Å². The van der Waals surface area contributed by atoms with Crippen LogP contribution in [0, 0.1) is 17.8 Å². The molecule has 0 radical (unpaired) electrons. The number of rotatable bonds is 4. The fourth-order valence-corrected chi connectivity index (χ4v) is 4.28. The second kappa shape index (κ2) is 7.70. The Balaban J connectivity index is 1.50. The first-order chi connectivity index (χ1) is 14.0. The van der Waals surface area contributed by atoms with Gasteiger partial charge in [0.2, 0.25) is 11.8 Å². The van der Waals surface area contributed by atoms with Crippen LogP contribution in [-0.4, -0.2) is 24.9 Å². The maximum absolute atomic E-state index is 12.8. The molecule has 150 valence electrons. The Hall–Kier alpha value is -3.15. The van der Waals surface area contributed by atoms with Crippen molar-refractivity contribution in [2.45, 2.75) is 26.2 Å². The Kier molecular flexibility index (Phi) is 5.09. The van der Waals surface area contributed by atoms with Crippen LogP contribution < -0.4 is 14.4 Å². The van der Waals surface area contributed by atoms with E-state index in [-0.39, 0.29) is 23.7 Å².